The summed E-state index contributed by atoms with van der Waals surface area (Å²) >= 11 is 7.07. The number of carbonyl (C=O) groups excluding carboxylic acids is 1. The number of amides is 2. The zero-order chi connectivity index (χ0) is 16.8. The van der Waals surface area contributed by atoms with Crippen LogP contribution >= 0.6 is 23.4 Å². The van der Waals surface area contributed by atoms with Crippen LogP contribution < -0.4 is 11.2 Å². The zero-order valence-electron chi connectivity index (χ0n) is 11.6. The molecule has 0 atom stereocenters. The highest BCUT2D eigenvalue weighted by Gasteiger charge is 2.15. The van der Waals surface area contributed by atoms with Crippen molar-refractivity contribution in [1.82, 2.24) is 5.43 Å². The van der Waals surface area contributed by atoms with Gasteiger partial charge in [0, 0.05) is 21.5 Å². The molecule has 0 spiro atoms. The lowest BCUT2D eigenvalue weighted by atomic mass is 10.2. The van der Waals surface area contributed by atoms with Crippen LogP contribution in [0.3, 0.4) is 0 Å². The molecule has 0 heterocycles. The third kappa shape index (κ3) is 4.97. The highest BCUT2D eigenvalue weighted by molar-refractivity contribution is 7.99. The van der Waals surface area contributed by atoms with Gasteiger partial charge in [-0.2, -0.15) is 5.10 Å². The Bertz CT molecular complexity index is 765. The van der Waals surface area contributed by atoms with Crippen LogP contribution in [0.4, 0.5) is 10.5 Å². The lowest BCUT2D eigenvalue weighted by Gasteiger charge is -2.04. The summed E-state index contributed by atoms with van der Waals surface area (Å²) in [6.45, 7) is 0. The van der Waals surface area contributed by atoms with Gasteiger partial charge in [0.05, 0.1) is 16.0 Å². The van der Waals surface area contributed by atoms with Crippen LogP contribution in [0.15, 0.2) is 57.4 Å². The number of nitrogens with zero attached hydrogens (tertiary/aromatic N) is 2. The number of nitro benzene ring substituents is 1. The maximum atomic E-state index is 11.2. The number of halogens is 1. The molecule has 0 bridgehead atoms. The number of urea groups is 1. The van der Waals surface area contributed by atoms with Crippen molar-refractivity contribution in [2.45, 2.75) is 9.79 Å². The van der Waals surface area contributed by atoms with Crippen molar-refractivity contribution in [3.63, 3.8) is 0 Å². The largest absolute Gasteiger partial charge is 0.350 e. The van der Waals surface area contributed by atoms with Gasteiger partial charge in [-0.3, -0.25) is 10.1 Å². The maximum Gasteiger partial charge on any atom is 0.332 e. The molecule has 0 unspecified atom stereocenters. The average Bonchev–Trinajstić information content (AvgIpc) is 2.50. The lowest BCUT2D eigenvalue weighted by molar-refractivity contribution is -0.387. The van der Waals surface area contributed by atoms with Gasteiger partial charge in [-0.15, -0.1) is 0 Å². The van der Waals surface area contributed by atoms with E-state index in [-0.39, 0.29) is 5.69 Å². The summed E-state index contributed by atoms with van der Waals surface area (Å²) in [5, 5.41) is 15.4. The van der Waals surface area contributed by atoms with Gasteiger partial charge in [-0.1, -0.05) is 29.4 Å². The van der Waals surface area contributed by atoms with Gasteiger partial charge in [-0.25, -0.2) is 10.2 Å². The van der Waals surface area contributed by atoms with Gasteiger partial charge in [0.2, 0.25) is 0 Å². The van der Waals surface area contributed by atoms with Gasteiger partial charge in [0.25, 0.3) is 5.69 Å². The normalized spacial score (nSPS) is 10.7. The Kier molecular flexibility index (Phi) is 5.56. The predicted molar refractivity (Wildman–Crippen MR) is 89.0 cm³/mol. The molecule has 0 fully saturated rings. The SMILES string of the molecule is NC(=O)N/N=C/c1ccc(Sc2ccc(Cl)cc2)c([N+](=O)[O-])c1. The topological polar surface area (TPSA) is 111 Å². The molecule has 118 valence electrons. The third-order valence-corrected chi connectivity index (χ3v) is 3.93. The summed E-state index contributed by atoms with van der Waals surface area (Å²) in [5.74, 6) is 0. The van der Waals surface area contributed by atoms with Crippen molar-refractivity contribution < 1.29 is 9.72 Å². The molecule has 7 nitrogen and oxygen atoms in total. The first-order chi connectivity index (χ1) is 11.0. The van der Waals surface area contributed by atoms with E-state index < -0.39 is 11.0 Å². The lowest BCUT2D eigenvalue weighted by Crippen LogP contribution is -2.24. The number of hydrogen-bond acceptors (Lipinski definition) is 5. The summed E-state index contributed by atoms with van der Waals surface area (Å²) in [7, 11) is 0. The Balaban J connectivity index is 2.25. The highest BCUT2D eigenvalue weighted by Crippen LogP contribution is 2.35. The van der Waals surface area contributed by atoms with E-state index in [1.807, 2.05) is 5.43 Å². The number of rotatable bonds is 5. The molecular weight excluding hydrogens is 340 g/mol. The number of hydrazone groups is 1. The number of nitrogens with two attached hydrogens (primary N) is 1. The van der Waals surface area contributed by atoms with Crippen LogP contribution in [0, 0.1) is 10.1 Å². The smallest absolute Gasteiger partial charge is 0.332 e. The maximum absolute atomic E-state index is 11.2. The van der Waals surface area contributed by atoms with Crippen molar-refractivity contribution in [3.8, 4) is 0 Å². The van der Waals surface area contributed by atoms with E-state index in [4.69, 9.17) is 17.3 Å². The van der Waals surface area contributed by atoms with Crippen LogP contribution in [-0.4, -0.2) is 17.2 Å². The van der Waals surface area contributed by atoms with E-state index in [1.54, 1.807) is 36.4 Å². The number of benzene rings is 2. The number of carbonyl (C=O) groups is 1. The number of hydrogen-bond donors (Lipinski definition) is 2. The Hall–Kier alpha value is -2.58. The second-order valence-electron chi connectivity index (χ2n) is 4.27. The van der Waals surface area contributed by atoms with Crippen LogP contribution in [0.5, 0.6) is 0 Å². The first-order valence-corrected chi connectivity index (χ1v) is 7.45. The van der Waals surface area contributed by atoms with Crippen molar-refractivity contribution in [1.29, 1.82) is 0 Å². The summed E-state index contributed by atoms with van der Waals surface area (Å²) in [6.07, 6.45) is 1.27. The van der Waals surface area contributed by atoms with Crippen molar-refractivity contribution >= 4 is 41.3 Å². The molecular formula is C14H11ClN4O3S. The first kappa shape index (κ1) is 16.8. The van der Waals surface area contributed by atoms with E-state index in [9.17, 15) is 14.9 Å². The fourth-order valence-electron chi connectivity index (χ4n) is 1.64. The van der Waals surface area contributed by atoms with Crippen LogP contribution in [0.1, 0.15) is 5.56 Å². The fourth-order valence-corrected chi connectivity index (χ4v) is 2.67. The van der Waals surface area contributed by atoms with E-state index in [1.165, 1.54) is 24.0 Å². The van der Waals surface area contributed by atoms with Crippen LogP contribution in [0.25, 0.3) is 0 Å². The summed E-state index contributed by atoms with van der Waals surface area (Å²) < 4.78 is 0. The molecule has 23 heavy (non-hydrogen) atoms. The minimum Gasteiger partial charge on any atom is -0.350 e. The molecule has 0 saturated carbocycles. The number of primary amides is 1. The molecule has 2 aromatic carbocycles. The van der Waals surface area contributed by atoms with Crippen LogP contribution in [0.2, 0.25) is 5.02 Å². The highest BCUT2D eigenvalue weighted by atomic mass is 35.5. The first-order valence-electron chi connectivity index (χ1n) is 6.26. The number of nitro groups is 1. The van der Waals surface area contributed by atoms with Gasteiger partial charge in [-0.05, 0) is 30.3 Å². The zero-order valence-corrected chi connectivity index (χ0v) is 13.2. The minimum atomic E-state index is -0.814. The van der Waals surface area contributed by atoms with Gasteiger partial charge in [0.15, 0.2) is 0 Å². The molecule has 3 N–H and O–H groups in total. The Labute approximate surface area is 140 Å². The Morgan fingerprint density at radius 2 is 2.00 bits per heavy atom. The van der Waals surface area contributed by atoms with Gasteiger partial charge in [0.1, 0.15) is 0 Å². The van der Waals surface area contributed by atoms with Crippen molar-refractivity contribution in [2.24, 2.45) is 10.8 Å². The molecule has 0 aliphatic carbocycles. The van der Waals surface area contributed by atoms with E-state index in [2.05, 4.69) is 5.10 Å². The quantitative estimate of drug-likeness (QED) is 0.489. The fraction of sp³-hybridized carbons (Fsp3) is 0. The molecule has 2 rings (SSSR count). The molecule has 0 saturated heterocycles. The van der Waals surface area contributed by atoms with E-state index in [0.717, 1.165) is 4.90 Å². The average molecular weight is 351 g/mol. The third-order valence-electron chi connectivity index (χ3n) is 2.61. The minimum absolute atomic E-state index is 0.0621. The molecule has 0 radical (unpaired) electrons. The number of nitrogens with one attached hydrogen (secondary N) is 1. The monoisotopic (exact) mass is 350 g/mol. The summed E-state index contributed by atoms with van der Waals surface area (Å²) in [4.78, 5) is 22.6. The molecule has 0 aromatic heterocycles. The molecule has 2 aromatic rings. The Morgan fingerprint density at radius 1 is 1.30 bits per heavy atom. The molecule has 9 heteroatoms. The van der Waals surface area contributed by atoms with E-state index >= 15 is 0 Å². The summed E-state index contributed by atoms with van der Waals surface area (Å²) in [5.41, 5.74) is 7.30. The van der Waals surface area contributed by atoms with E-state index in [0.29, 0.717) is 15.5 Å². The molecule has 0 aliphatic heterocycles. The van der Waals surface area contributed by atoms with Gasteiger partial charge < -0.3 is 5.73 Å². The second-order valence-corrected chi connectivity index (χ2v) is 5.83. The Morgan fingerprint density at radius 3 is 2.61 bits per heavy atom. The van der Waals surface area contributed by atoms with Gasteiger partial charge >= 0.3 is 6.03 Å². The van der Waals surface area contributed by atoms with Crippen LogP contribution in [-0.2, 0) is 0 Å². The van der Waals surface area contributed by atoms with Crippen molar-refractivity contribution in [3.05, 3.63) is 63.2 Å². The standard InChI is InChI=1S/C14H11ClN4O3S/c15-10-2-4-11(5-3-10)23-13-6-1-9(7-12(13)19(21)22)8-17-18-14(16)20/h1-8H,(H3,16,18,20)/b17-8+. The predicted octanol–water partition coefficient (Wildman–Crippen LogP) is 3.40. The summed E-state index contributed by atoms with van der Waals surface area (Å²) in [6, 6.07) is 10.8. The molecule has 0 aliphatic rings. The van der Waals surface area contributed by atoms with Crippen molar-refractivity contribution in [2.75, 3.05) is 0 Å². The molecule has 2 amide bonds. The second kappa shape index (κ2) is 7.61.